The summed E-state index contributed by atoms with van der Waals surface area (Å²) in [7, 11) is 3.44. The van der Waals surface area contributed by atoms with Gasteiger partial charge in [-0.2, -0.15) is 0 Å². The quantitative estimate of drug-likeness (QED) is 0.818. The lowest BCUT2D eigenvalue weighted by Crippen LogP contribution is -2.54. The van der Waals surface area contributed by atoms with Crippen molar-refractivity contribution < 1.29 is 14.3 Å². The van der Waals surface area contributed by atoms with Crippen molar-refractivity contribution in [3.05, 3.63) is 11.6 Å². The van der Waals surface area contributed by atoms with Gasteiger partial charge >= 0.3 is 0 Å². The average molecular weight is 313 g/mol. The van der Waals surface area contributed by atoms with E-state index in [1.54, 1.807) is 25.4 Å². The molecule has 1 aliphatic rings. The van der Waals surface area contributed by atoms with Crippen molar-refractivity contribution in [1.82, 2.24) is 9.88 Å². The predicted molar refractivity (Wildman–Crippen MR) is 82.8 cm³/mol. The zero-order chi connectivity index (χ0) is 15.5. The van der Waals surface area contributed by atoms with Gasteiger partial charge in [0.2, 0.25) is 5.91 Å². The summed E-state index contributed by atoms with van der Waals surface area (Å²) in [6.45, 7) is 6.14. The Bertz CT molecular complexity index is 462. The fourth-order valence-electron chi connectivity index (χ4n) is 2.31. The van der Waals surface area contributed by atoms with Crippen LogP contribution in [0.4, 0.5) is 5.13 Å². The first-order valence-electron chi connectivity index (χ1n) is 6.97. The third kappa shape index (κ3) is 4.66. The monoisotopic (exact) mass is 313 g/mol. The van der Waals surface area contributed by atoms with Crippen LogP contribution in [0.1, 0.15) is 13.8 Å². The zero-order valence-electron chi connectivity index (χ0n) is 13.0. The van der Waals surface area contributed by atoms with Crippen LogP contribution in [0, 0.1) is 0 Å². The first kappa shape index (κ1) is 16.2. The lowest BCUT2D eigenvalue weighted by Gasteiger charge is -2.42. The molecule has 1 amide bonds. The molecule has 1 aromatic heterocycles. The number of anilines is 1. The summed E-state index contributed by atoms with van der Waals surface area (Å²) in [5.74, 6) is -0.0400. The molecule has 0 spiro atoms. The van der Waals surface area contributed by atoms with Gasteiger partial charge in [0, 0.05) is 38.8 Å². The molecule has 1 unspecified atom stereocenters. The maximum atomic E-state index is 11.5. The SMILES string of the molecule is CN(C)C(=O)COCC1CN(c2nccs2)CC(C)(C)O1. The summed E-state index contributed by atoms with van der Waals surface area (Å²) in [6.07, 6.45) is 1.75. The Labute approximate surface area is 129 Å². The molecule has 21 heavy (non-hydrogen) atoms. The molecule has 0 aromatic carbocycles. The summed E-state index contributed by atoms with van der Waals surface area (Å²) < 4.78 is 11.5. The Morgan fingerprint density at radius 3 is 3.00 bits per heavy atom. The van der Waals surface area contributed by atoms with Crippen LogP contribution in [0.5, 0.6) is 0 Å². The molecule has 1 saturated heterocycles. The molecule has 0 saturated carbocycles. The average Bonchev–Trinajstić information content (AvgIpc) is 2.90. The molecule has 0 radical (unpaired) electrons. The van der Waals surface area contributed by atoms with Crippen LogP contribution in [0.3, 0.4) is 0 Å². The summed E-state index contributed by atoms with van der Waals surface area (Å²) in [6, 6.07) is 0. The van der Waals surface area contributed by atoms with Crippen molar-refractivity contribution in [2.75, 3.05) is 45.3 Å². The number of likely N-dealkylation sites (N-methyl/N-ethyl adjacent to an activating group) is 1. The second-order valence-corrected chi connectivity index (χ2v) is 6.87. The number of rotatable bonds is 5. The van der Waals surface area contributed by atoms with E-state index < -0.39 is 0 Å². The molecule has 0 N–H and O–H groups in total. The summed E-state index contributed by atoms with van der Waals surface area (Å²) in [4.78, 5) is 19.6. The maximum Gasteiger partial charge on any atom is 0.248 e. The van der Waals surface area contributed by atoms with Gasteiger partial charge in [0.25, 0.3) is 0 Å². The van der Waals surface area contributed by atoms with Gasteiger partial charge < -0.3 is 19.3 Å². The molecular formula is C14H23N3O3S. The first-order valence-corrected chi connectivity index (χ1v) is 7.85. The third-order valence-corrected chi connectivity index (χ3v) is 4.03. The lowest BCUT2D eigenvalue weighted by molar-refractivity contribution is -0.139. The van der Waals surface area contributed by atoms with Crippen LogP contribution >= 0.6 is 11.3 Å². The van der Waals surface area contributed by atoms with E-state index in [0.29, 0.717) is 6.61 Å². The van der Waals surface area contributed by atoms with Crippen molar-refractivity contribution >= 4 is 22.4 Å². The van der Waals surface area contributed by atoms with E-state index in [1.165, 1.54) is 4.90 Å². The molecule has 0 aliphatic carbocycles. The molecule has 118 valence electrons. The molecule has 0 bridgehead atoms. The number of hydrogen-bond acceptors (Lipinski definition) is 6. The van der Waals surface area contributed by atoms with Gasteiger partial charge in [0.15, 0.2) is 5.13 Å². The van der Waals surface area contributed by atoms with Gasteiger partial charge in [0.05, 0.1) is 18.3 Å². The van der Waals surface area contributed by atoms with E-state index in [-0.39, 0.29) is 24.2 Å². The molecule has 2 heterocycles. The van der Waals surface area contributed by atoms with Crippen LogP contribution < -0.4 is 4.90 Å². The van der Waals surface area contributed by atoms with Gasteiger partial charge in [-0.1, -0.05) is 0 Å². The van der Waals surface area contributed by atoms with E-state index >= 15 is 0 Å². The Hall–Kier alpha value is -1.18. The summed E-state index contributed by atoms with van der Waals surface area (Å²) >= 11 is 1.62. The Morgan fingerprint density at radius 2 is 2.38 bits per heavy atom. The first-order chi connectivity index (χ1) is 9.87. The molecule has 2 rings (SSSR count). The minimum Gasteiger partial charge on any atom is -0.369 e. The molecule has 7 heteroatoms. The van der Waals surface area contributed by atoms with Crippen LogP contribution in [-0.2, 0) is 14.3 Å². The number of carbonyl (C=O) groups excluding carboxylic acids is 1. The Morgan fingerprint density at radius 1 is 1.62 bits per heavy atom. The second kappa shape index (κ2) is 6.72. The number of nitrogens with zero attached hydrogens (tertiary/aromatic N) is 3. The highest BCUT2D eigenvalue weighted by Gasteiger charge is 2.34. The van der Waals surface area contributed by atoms with Crippen LogP contribution in [0.25, 0.3) is 0 Å². The Kier molecular flexibility index (Phi) is 5.18. The molecule has 1 aliphatic heterocycles. The number of aromatic nitrogens is 1. The van der Waals surface area contributed by atoms with Crippen LogP contribution in [-0.4, -0.2) is 67.9 Å². The summed E-state index contributed by atoms with van der Waals surface area (Å²) in [5.41, 5.74) is -0.260. The second-order valence-electron chi connectivity index (χ2n) is 6.00. The fourth-order valence-corrected chi connectivity index (χ4v) is 2.96. The van der Waals surface area contributed by atoms with Crippen molar-refractivity contribution in [2.45, 2.75) is 25.6 Å². The minimum atomic E-state index is -0.260. The van der Waals surface area contributed by atoms with E-state index in [1.807, 2.05) is 11.6 Å². The molecule has 6 nitrogen and oxygen atoms in total. The molecule has 1 aromatic rings. The topological polar surface area (TPSA) is 54.9 Å². The standard InChI is InChI=1S/C14H23N3O3S/c1-14(2)10-17(13-15-5-6-21-13)7-11(20-14)8-19-9-12(18)16(3)4/h5-6,11H,7-10H2,1-4H3. The highest BCUT2D eigenvalue weighted by molar-refractivity contribution is 7.13. The minimum absolute atomic E-state index is 0.0400. The predicted octanol–water partition coefficient (Wildman–Crippen LogP) is 1.23. The number of carbonyl (C=O) groups is 1. The normalized spacial score (nSPS) is 21.3. The van der Waals surface area contributed by atoms with Crippen LogP contribution in [0.2, 0.25) is 0 Å². The van der Waals surface area contributed by atoms with E-state index in [9.17, 15) is 4.79 Å². The number of morpholine rings is 1. The van der Waals surface area contributed by atoms with Gasteiger partial charge in [0.1, 0.15) is 6.61 Å². The van der Waals surface area contributed by atoms with Gasteiger partial charge in [-0.15, -0.1) is 11.3 Å². The molecular weight excluding hydrogens is 290 g/mol. The fraction of sp³-hybridized carbons (Fsp3) is 0.714. The number of thiazole rings is 1. The smallest absolute Gasteiger partial charge is 0.248 e. The largest absolute Gasteiger partial charge is 0.369 e. The van der Waals surface area contributed by atoms with Crippen molar-refractivity contribution in [3.63, 3.8) is 0 Å². The molecule has 1 fully saturated rings. The van der Waals surface area contributed by atoms with Crippen molar-refractivity contribution in [2.24, 2.45) is 0 Å². The maximum absolute atomic E-state index is 11.5. The third-order valence-electron chi connectivity index (χ3n) is 3.20. The summed E-state index contributed by atoms with van der Waals surface area (Å²) in [5, 5.41) is 2.97. The van der Waals surface area contributed by atoms with Crippen molar-refractivity contribution in [1.29, 1.82) is 0 Å². The lowest BCUT2D eigenvalue weighted by atomic mass is 10.1. The van der Waals surface area contributed by atoms with E-state index in [4.69, 9.17) is 9.47 Å². The van der Waals surface area contributed by atoms with E-state index in [2.05, 4.69) is 23.7 Å². The van der Waals surface area contributed by atoms with E-state index in [0.717, 1.165) is 18.2 Å². The Balaban J connectivity index is 1.89. The highest BCUT2D eigenvalue weighted by atomic mass is 32.1. The zero-order valence-corrected chi connectivity index (χ0v) is 13.9. The molecule has 1 atom stereocenters. The number of amides is 1. The van der Waals surface area contributed by atoms with Gasteiger partial charge in [-0.25, -0.2) is 4.98 Å². The number of hydrogen-bond donors (Lipinski definition) is 0. The van der Waals surface area contributed by atoms with Crippen molar-refractivity contribution in [3.8, 4) is 0 Å². The number of ether oxygens (including phenoxy) is 2. The van der Waals surface area contributed by atoms with Crippen LogP contribution in [0.15, 0.2) is 11.6 Å². The van der Waals surface area contributed by atoms with Gasteiger partial charge in [-0.05, 0) is 13.8 Å². The highest BCUT2D eigenvalue weighted by Crippen LogP contribution is 2.27. The van der Waals surface area contributed by atoms with Gasteiger partial charge in [-0.3, -0.25) is 4.79 Å².